The molecule has 1 heterocycles. The van der Waals surface area contributed by atoms with Crippen molar-refractivity contribution in [3.8, 4) is 0 Å². The second-order valence-corrected chi connectivity index (χ2v) is 4.45. The fourth-order valence-electron chi connectivity index (χ4n) is 1.87. The summed E-state index contributed by atoms with van der Waals surface area (Å²) < 4.78 is 11.5. The molecule has 1 saturated heterocycles. The standard InChI is InChI=1S/C13H25BO2/c1-3-5-7-9-13-10-8-12-16-14(13)15-11-6-4-2/h9H,3-8,10-12H2,1-2H3/b13-9-. The summed E-state index contributed by atoms with van der Waals surface area (Å²) >= 11 is 0. The van der Waals surface area contributed by atoms with Gasteiger partial charge in [0, 0.05) is 13.2 Å². The minimum absolute atomic E-state index is 0.0443. The van der Waals surface area contributed by atoms with Crippen molar-refractivity contribution in [1.29, 1.82) is 0 Å². The van der Waals surface area contributed by atoms with E-state index < -0.39 is 0 Å². The monoisotopic (exact) mass is 224 g/mol. The number of allylic oxidation sites excluding steroid dienone is 2. The maximum absolute atomic E-state index is 5.78. The van der Waals surface area contributed by atoms with Crippen LogP contribution < -0.4 is 0 Å². The molecule has 0 amide bonds. The second kappa shape index (κ2) is 8.83. The highest BCUT2D eigenvalue weighted by Gasteiger charge is 2.26. The van der Waals surface area contributed by atoms with Crippen molar-refractivity contribution in [3.05, 3.63) is 11.5 Å². The average Bonchev–Trinajstić information content (AvgIpc) is 2.32. The summed E-state index contributed by atoms with van der Waals surface area (Å²) in [7, 11) is -0.0443. The van der Waals surface area contributed by atoms with Crippen LogP contribution in [0.2, 0.25) is 0 Å². The molecule has 0 radical (unpaired) electrons. The lowest BCUT2D eigenvalue weighted by Crippen LogP contribution is -2.31. The summed E-state index contributed by atoms with van der Waals surface area (Å²) in [6.45, 7) is 6.09. The average molecular weight is 224 g/mol. The van der Waals surface area contributed by atoms with Gasteiger partial charge in [-0.3, -0.25) is 0 Å². The zero-order chi connectivity index (χ0) is 11.6. The van der Waals surface area contributed by atoms with Gasteiger partial charge in [-0.15, -0.1) is 0 Å². The lowest BCUT2D eigenvalue weighted by atomic mass is 9.72. The summed E-state index contributed by atoms with van der Waals surface area (Å²) in [5.74, 6) is 0. The number of rotatable bonds is 7. The molecule has 1 aliphatic heterocycles. The minimum Gasteiger partial charge on any atom is -0.407 e. The van der Waals surface area contributed by atoms with E-state index in [1.807, 2.05) is 0 Å². The fourth-order valence-corrected chi connectivity index (χ4v) is 1.87. The predicted molar refractivity (Wildman–Crippen MR) is 69.4 cm³/mol. The third-order valence-corrected chi connectivity index (χ3v) is 2.91. The summed E-state index contributed by atoms with van der Waals surface area (Å²) in [4.78, 5) is 0. The molecule has 3 heteroatoms. The Hall–Kier alpha value is -0.275. The Bertz CT molecular complexity index is 204. The van der Waals surface area contributed by atoms with Gasteiger partial charge < -0.3 is 9.31 Å². The van der Waals surface area contributed by atoms with E-state index in [9.17, 15) is 0 Å². The van der Waals surface area contributed by atoms with E-state index in [1.54, 1.807) is 0 Å². The first-order valence-corrected chi connectivity index (χ1v) is 6.80. The van der Waals surface area contributed by atoms with E-state index in [1.165, 1.54) is 31.2 Å². The van der Waals surface area contributed by atoms with Gasteiger partial charge in [-0.2, -0.15) is 0 Å². The Kier molecular flexibility index (Phi) is 7.61. The van der Waals surface area contributed by atoms with E-state index >= 15 is 0 Å². The quantitative estimate of drug-likeness (QED) is 0.484. The molecule has 92 valence electrons. The van der Waals surface area contributed by atoms with Gasteiger partial charge in [0.1, 0.15) is 0 Å². The predicted octanol–water partition coefficient (Wildman–Crippen LogP) is 3.76. The topological polar surface area (TPSA) is 18.5 Å². The maximum Gasteiger partial charge on any atom is 0.489 e. The van der Waals surface area contributed by atoms with Gasteiger partial charge >= 0.3 is 7.12 Å². The lowest BCUT2D eigenvalue weighted by Gasteiger charge is -2.22. The van der Waals surface area contributed by atoms with Crippen LogP contribution in [-0.4, -0.2) is 20.3 Å². The van der Waals surface area contributed by atoms with Gasteiger partial charge in [-0.25, -0.2) is 0 Å². The molecule has 1 aliphatic rings. The largest absolute Gasteiger partial charge is 0.489 e. The molecule has 0 saturated carbocycles. The zero-order valence-electron chi connectivity index (χ0n) is 10.8. The van der Waals surface area contributed by atoms with Crippen LogP contribution >= 0.6 is 0 Å². The Morgan fingerprint density at radius 1 is 1.31 bits per heavy atom. The number of hydrogen-bond acceptors (Lipinski definition) is 2. The van der Waals surface area contributed by atoms with Crippen molar-refractivity contribution in [2.45, 2.75) is 58.8 Å². The second-order valence-electron chi connectivity index (χ2n) is 4.45. The molecule has 0 bridgehead atoms. The molecular weight excluding hydrogens is 199 g/mol. The zero-order valence-corrected chi connectivity index (χ0v) is 10.8. The van der Waals surface area contributed by atoms with Crippen molar-refractivity contribution < 1.29 is 9.31 Å². The first kappa shape index (κ1) is 13.8. The van der Waals surface area contributed by atoms with Crippen molar-refractivity contribution >= 4 is 7.12 Å². The van der Waals surface area contributed by atoms with Gasteiger partial charge in [0.2, 0.25) is 0 Å². The van der Waals surface area contributed by atoms with Gasteiger partial charge in [-0.1, -0.05) is 39.2 Å². The Morgan fingerprint density at radius 2 is 2.12 bits per heavy atom. The summed E-state index contributed by atoms with van der Waals surface area (Å²) in [5, 5.41) is 0. The Morgan fingerprint density at radius 3 is 2.88 bits per heavy atom. The highest BCUT2D eigenvalue weighted by atomic mass is 16.6. The molecule has 0 aromatic rings. The van der Waals surface area contributed by atoms with Gasteiger partial charge in [-0.05, 0) is 31.2 Å². The van der Waals surface area contributed by atoms with Gasteiger partial charge in [0.15, 0.2) is 0 Å². The molecule has 1 fully saturated rings. The molecule has 0 spiro atoms. The maximum atomic E-state index is 5.78. The third-order valence-electron chi connectivity index (χ3n) is 2.91. The molecule has 0 aliphatic carbocycles. The van der Waals surface area contributed by atoms with Crippen LogP contribution in [0.25, 0.3) is 0 Å². The smallest absolute Gasteiger partial charge is 0.407 e. The molecular formula is C13H25BO2. The van der Waals surface area contributed by atoms with Crippen molar-refractivity contribution in [2.75, 3.05) is 13.2 Å². The van der Waals surface area contributed by atoms with Crippen LogP contribution in [0.1, 0.15) is 58.8 Å². The molecule has 1 rings (SSSR count). The fraction of sp³-hybridized carbons (Fsp3) is 0.846. The summed E-state index contributed by atoms with van der Waals surface area (Å²) in [6, 6.07) is 0. The Balaban J connectivity index is 2.34. The van der Waals surface area contributed by atoms with E-state index in [4.69, 9.17) is 9.31 Å². The highest BCUT2D eigenvalue weighted by Crippen LogP contribution is 2.19. The third kappa shape index (κ3) is 5.17. The molecule has 16 heavy (non-hydrogen) atoms. The van der Waals surface area contributed by atoms with E-state index in [0.717, 1.165) is 32.5 Å². The first-order chi connectivity index (χ1) is 7.88. The van der Waals surface area contributed by atoms with Crippen LogP contribution in [0, 0.1) is 0 Å². The van der Waals surface area contributed by atoms with Crippen LogP contribution in [0.3, 0.4) is 0 Å². The van der Waals surface area contributed by atoms with E-state index in [0.29, 0.717) is 0 Å². The Labute approximate surface area is 101 Å². The van der Waals surface area contributed by atoms with Crippen LogP contribution in [-0.2, 0) is 9.31 Å². The molecule has 0 aromatic heterocycles. The number of unbranched alkanes of at least 4 members (excludes halogenated alkanes) is 3. The van der Waals surface area contributed by atoms with Crippen molar-refractivity contribution in [1.82, 2.24) is 0 Å². The molecule has 0 unspecified atom stereocenters. The molecule has 2 nitrogen and oxygen atoms in total. The summed E-state index contributed by atoms with van der Waals surface area (Å²) in [6.07, 6.45) is 10.6. The molecule has 0 atom stereocenters. The highest BCUT2D eigenvalue weighted by molar-refractivity contribution is 6.53. The van der Waals surface area contributed by atoms with Crippen LogP contribution in [0.5, 0.6) is 0 Å². The lowest BCUT2D eigenvalue weighted by molar-refractivity contribution is 0.186. The van der Waals surface area contributed by atoms with Crippen molar-refractivity contribution in [2.24, 2.45) is 0 Å². The normalized spacial score (nSPS) is 19.4. The molecule has 0 N–H and O–H groups in total. The van der Waals surface area contributed by atoms with Crippen molar-refractivity contribution in [3.63, 3.8) is 0 Å². The SMILES string of the molecule is CCCC/C=C1/CCCOB1OCCCC. The van der Waals surface area contributed by atoms with Gasteiger partial charge in [0.25, 0.3) is 0 Å². The van der Waals surface area contributed by atoms with Gasteiger partial charge in [0.05, 0.1) is 0 Å². The minimum atomic E-state index is -0.0443. The summed E-state index contributed by atoms with van der Waals surface area (Å²) in [5.41, 5.74) is 1.37. The van der Waals surface area contributed by atoms with Crippen LogP contribution in [0.15, 0.2) is 11.5 Å². The van der Waals surface area contributed by atoms with Crippen LogP contribution in [0.4, 0.5) is 0 Å². The first-order valence-electron chi connectivity index (χ1n) is 6.80. The number of hydrogen-bond donors (Lipinski definition) is 0. The van der Waals surface area contributed by atoms with E-state index in [-0.39, 0.29) is 7.12 Å². The van der Waals surface area contributed by atoms with E-state index in [2.05, 4.69) is 19.9 Å². The molecule has 0 aromatic carbocycles.